The van der Waals surface area contributed by atoms with Crippen LogP contribution < -0.4 is 16.0 Å². The van der Waals surface area contributed by atoms with Gasteiger partial charge in [0.25, 0.3) is 5.91 Å². The summed E-state index contributed by atoms with van der Waals surface area (Å²) in [7, 11) is 1.60. The fourth-order valence-electron chi connectivity index (χ4n) is 4.59. The summed E-state index contributed by atoms with van der Waals surface area (Å²) in [6, 6.07) is 15.5. The summed E-state index contributed by atoms with van der Waals surface area (Å²) in [5, 5.41) is 1.43. The maximum atomic E-state index is 12.4. The Morgan fingerprint density at radius 1 is 1.18 bits per heavy atom. The van der Waals surface area contributed by atoms with Crippen molar-refractivity contribution in [1.82, 2.24) is 9.97 Å². The maximum absolute atomic E-state index is 12.4. The lowest BCUT2D eigenvalue weighted by Gasteiger charge is -2.10. The molecule has 0 radical (unpaired) electrons. The second-order valence-electron chi connectivity index (χ2n) is 8.31. The van der Waals surface area contributed by atoms with E-state index in [0.717, 1.165) is 47.7 Å². The maximum Gasteiger partial charge on any atom is 0.252 e. The number of aromatic nitrogens is 2. The number of H-pyrrole nitrogens is 1. The molecule has 0 bridgehead atoms. The highest BCUT2D eigenvalue weighted by molar-refractivity contribution is 7.16. The second-order valence-corrected chi connectivity index (χ2v) is 9.40. The molecule has 170 valence electrons. The number of nitrogens with zero attached hydrogens (tertiary/aromatic N) is 2. The van der Waals surface area contributed by atoms with Crippen LogP contribution in [0.1, 0.15) is 33.6 Å². The van der Waals surface area contributed by atoms with Crippen molar-refractivity contribution < 1.29 is 13.9 Å². The number of para-hydroxylation sites is 3. The van der Waals surface area contributed by atoms with Crippen LogP contribution in [0.4, 0.5) is 5.00 Å². The van der Waals surface area contributed by atoms with Crippen LogP contribution in [0.5, 0.6) is 5.75 Å². The zero-order valence-corrected chi connectivity index (χ0v) is 19.4. The van der Waals surface area contributed by atoms with Crippen LogP contribution >= 0.6 is 11.3 Å². The van der Waals surface area contributed by atoms with Crippen LogP contribution in [0.2, 0.25) is 0 Å². The van der Waals surface area contributed by atoms with Gasteiger partial charge in [0, 0.05) is 10.3 Å². The molecule has 3 N–H and O–H groups in total. The first-order valence-electron chi connectivity index (χ1n) is 11.2. The van der Waals surface area contributed by atoms with E-state index >= 15 is 0 Å². The summed E-state index contributed by atoms with van der Waals surface area (Å²) in [5.74, 6) is 0.780. The predicted octanol–water partition coefficient (Wildman–Crippen LogP) is 5.26. The topological polar surface area (TPSA) is 106 Å². The molecule has 0 atom stereocenters. The van der Waals surface area contributed by atoms with E-state index < -0.39 is 5.91 Å². The minimum atomic E-state index is -0.457. The molecule has 1 aliphatic rings. The minimum absolute atomic E-state index is 0.345. The lowest BCUT2D eigenvalue weighted by molar-refractivity contribution is 0.1000. The van der Waals surface area contributed by atoms with Crippen molar-refractivity contribution in [3.05, 3.63) is 70.1 Å². The number of aryl methyl sites for hydroxylation is 1. The number of methoxy groups -OCH3 is 1. The quantitative estimate of drug-likeness (QED) is 0.374. The van der Waals surface area contributed by atoms with Gasteiger partial charge in [-0.25, -0.2) is 9.98 Å². The first-order chi connectivity index (χ1) is 16.6. The number of carbonyl (C=O) groups is 1. The summed E-state index contributed by atoms with van der Waals surface area (Å²) >= 11 is 1.52. The molecule has 0 saturated carbocycles. The van der Waals surface area contributed by atoms with Gasteiger partial charge in [-0.2, -0.15) is 0 Å². The van der Waals surface area contributed by atoms with Crippen molar-refractivity contribution in [2.75, 3.05) is 7.11 Å². The molecule has 3 heterocycles. The van der Waals surface area contributed by atoms with Gasteiger partial charge in [-0.1, -0.05) is 24.3 Å². The van der Waals surface area contributed by atoms with Crippen LogP contribution in [0, 0.1) is 0 Å². The fraction of sp³-hybridized carbons (Fsp3) is 0.192. The fourth-order valence-corrected chi connectivity index (χ4v) is 5.86. The Labute approximate surface area is 198 Å². The number of primary amides is 1. The predicted molar refractivity (Wildman–Crippen MR) is 133 cm³/mol. The molecule has 0 saturated heterocycles. The molecular weight excluding hydrogens is 448 g/mol. The van der Waals surface area contributed by atoms with Crippen molar-refractivity contribution in [1.29, 1.82) is 0 Å². The molecule has 1 aliphatic carbocycles. The second kappa shape index (κ2) is 8.14. The summed E-state index contributed by atoms with van der Waals surface area (Å²) < 4.78 is 11.9. The molecule has 0 unspecified atom stereocenters. The largest absolute Gasteiger partial charge is 0.493 e. The number of thiophene rings is 1. The van der Waals surface area contributed by atoms with Crippen molar-refractivity contribution in [3.63, 3.8) is 0 Å². The van der Waals surface area contributed by atoms with E-state index in [-0.39, 0.29) is 0 Å². The highest BCUT2D eigenvalue weighted by atomic mass is 32.1. The summed E-state index contributed by atoms with van der Waals surface area (Å²) in [6.07, 6.45) is 3.94. The number of amides is 1. The summed E-state index contributed by atoms with van der Waals surface area (Å²) in [5.41, 5.74) is 10.7. The third-order valence-corrected chi connectivity index (χ3v) is 7.39. The third kappa shape index (κ3) is 3.38. The highest BCUT2D eigenvalue weighted by Crippen LogP contribution is 2.39. The average Bonchev–Trinajstić information content (AvgIpc) is 3.44. The van der Waals surface area contributed by atoms with Crippen molar-refractivity contribution >= 4 is 44.2 Å². The van der Waals surface area contributed by atoms with Crippen LogP contribution in [0.25, 0.3) is 33.4 Å². The van der Waals surface area contributed by atoms with E-state index in [2.05, 4.69) is 4.98 Å². The number of carbonyl (C=O) groups excluding carboxylic acids is 1. The smallest absolute Gasteiger partial charge is 0.252 e. The molecular formula is C26H22N4O3S. The van der Waals surface area contributed by atoms with Crippen LogP contribution in [0.15, 0.2) is 57.9 Å². The molecule has 0 aliphatic heterocycles. The van der Waals surface area contributed by atoms with Gasteiger partial charge < -0.3 is 19.9 Å². The molecule has 1 amide bonds. The number of benzene rings is 2. The van der Waals surface area contributed by atoms with Crippen molar-refractivity contribution in [2.24, 2.45) is 10.7 Å². The number of hydrogen-bond donors (Lipinski definition) is 2. The number of fused-ring (bicyclic) bond motifs is 3. The lowest BCUT2D eigenvalue weighted by atomic mass is 9.95. The molecule has 6 rings (SSSR count). The standard InChI is InChI=1S/C26H22N4O3S/c1-32-19-11-6-7-14-13-16(24-28-17-9-3-4-10-18(17)29-24)25(33-22(14)19)30-26-21(23(27)31)15-8-2-5-12-20(15)34-26/h3-4,6-7,9-11,13H,2,5,8,12H2,1H3,(H2,27,31)(H,28,29). The van der Waals surface area contributed by atoms with Gasteiger partial charge in [0.05, 0.1) is 29.3 Å². The SMILES string of the molecule is COc1cccc2cc(-c3nc4ccccc4[nH]3)c(=Nc3sc4c(c3C(N)=O)CCCC4)oc12. The normalized spacial score (nSPS) is 14.0. The van der Waals surface area contributed by atoms with E-state index in [1.165, 1.54) is 16.2 Å². The minimum Gasteiger partial charge on any atom is -0.493 e. The Kier molecular flexibility index (Phi) is 4.95. The van der Waals surface area contributed by atoms with E-state index in [1.807, 2.05) is 48.5 Å². The molecule has 8 heteroatoms. The van der Waals surface area contributed by atoms with Gasteiger partial charge >= 0.3 is 0 Å². The van der Waals surface area contributed by atoms with Crippen molar-refractivity contribution in [3.8, 4) is 17.1 Å². The highest BCUT2D eigenvalue weighted by Gasteiger charge is 2.24. The average molecular weight is 471 g/mol. The molecule has 3 aromatic heterocycles. The van der Waals surface area contributed by atoms with Gasteiger partial charge in [-0.15, -0.1) is 11.3 Å². The van der Waals surface area contributed by atoms with Gasteiger partial charge in [-0.3, -0.25) is 4.79 Å². The number of nitrogens with one attached hydrogen (secondary N) is 1. The Hall–Kier alpha value is -3.91. The first-order valence-corrected chi connectivity index (χ1v) is 12.0. The Morgan fingerprint density at radius 2 is 2.03 bits per heavy atom. The number of imidazole rings is 1. The number of hydrogen-bond acceptors (Lipinski definition) is 6. The zero-order chi connectivity index (χ0) is 23.2. The first kappa shape index (κ1) is 20.7. The van der Waals surface area contributed by atoms with Gasteiger partial charge in [0.2, 0.25) is 5.55 Å². The molecule has 34 heavy (non-hydrogen) atoms. The monoisotopic (exact) mass is 470 g/mol. The molecule has 0 spiro atoms. The number of ether oxygens (including phenoxy) is 1. The Balaban J connectivity index is 1.66. The van der Waals surface area contributed by atoms with Crippen LogP contribution in [0.3, 0.4) is 0 Å². The molecule has 0 fully saturated rings. The number of nitrogens with two attached hydrogens (primary N) is 1. The van der Waals surface area contributed by atoms with E-state index in [4.69, 9.17) is 24.9 Å². The third-order valence-electron chi connectivity index (χ3n) is 6.20. The van der Waals surface area contributed by atoms with Crippen LogP contribution in [-0.2, 0) is 12.8 Å². The summed E-state index contributed by atoms with van der Waals surface area (Å²) in [4.78, 5) is 26.6. The van der Waals surface area contributed by atoms with E-state index in [9.17, 15) is 4.79 Å². The Bertz CT molecular complexity index is 1610. The summed E-state index contributed by atoms with van der Waals surface area (Å²) in [6.45, 7) is 0. The zero-order valence-electron chi connectivity index (χ0n) is 18.6. The van der Waals surface area contributed by atoms with Crippen molar-refractivity contribution in [2.45, 2.75) is 25.7 Å². The lowest BCUT2D eigenvalue weighted by Crippen LogP contribution is -2.15. The Morgan fingerprint density at radius 3 is 2.85 bits per heavy atom. The van der Waals surface area contributed by atoms with Gasteiger partial charge in [-0.05, 0) is 55.5 Å². The van der Waals surface area contributed by atoms with Gasteiger partial charge in [0.1, 0.15) is 10.8 Å². The molecule has 7 nitrogen and oxygen atoms in total. The van der Waals surface area contributed by atoms with Gasteiger partial charge in [0.15, 0.2) is 11.3 Å². The molecule has 2 aromatic carbocycles. The number of aromatic amines is 1. The molecule has 5 aromatic rings. The van der Waals surface area contributed by atoms with E-state index in [0.29, 0.717) is 38.8 Å². The van der Waals surface area contributed by atoms with Crippen LogP contribution in [-0.4, -0.2) is 23.0 Å². The van der Waals surface area contributed by atoms with E-state index in [1.54, 1.807) is 7.11 Å². The number of rotatable bonds is 4.